The molecule has 3 aromatic carbocycles. The number of nitrogens with one attached hydrogen (secondary N) is 1. The number of hydrogen-bond acceptors (Lipinski definition) is 4. The molecule has 5 nitrogen and oxygen atoms in total. The fourth-order valence-corrected chi connectivity index (χ4v) is 3.54. The molecule has 0 fully saturated rings. The van der Waals surface area contributed by atoms with Gasteiger partial charge in [0.2, 0.25) is 0 Å². The van der Waals surface area contributed by atoms with Crippen LogP contribution in [-0.2, 0) is 20.9 Å². The van der Waals surface area contributed by atoms with Gasteiger partial charge in [-0.15, -0.1) is 0 Å². The predicted octanol–water partition coefficient (Wildman–Crippen LogP) is 6.73. The summed E-state index contributed by atoms with van der Waals surface area (Å²) in [7, 11) is 0. The molecule has 0 aliphatic carbocycles. The van der Waals surface area contributed by atoms with E-state index in [2.05, 4.69) is 5.32 Å². The van der Waals surface area contributed by atoms with E-state index in [-0.39, 0.29) is 6.61 Å². The number of anilines is 1. The van der Waals surface area contributed by atoms with Crippen LogP contribution in [0.4, 0.5) is 5.69 Å². The minimum absolute atomic E-state index is 0.234. The zero-order valence-electron chi connectivity index (χ0n) is 17.6. The lowest BCUT2D eigenvalue weighted by atomic mass is 10.2. The van der Waals surface area contributed by atoms with Crippen molar-refractivity contribution in [3.63, 3.8) is 0 Å². The lowest BCUT2D eigenvalue weighted by molar-refractivity contribution is -0.142. The lowest BCUT2D eigenvalue weighted by Crippen LogP contribution is -2.20. The van der Waals surface area contributed by atoms with Crippen molar-refractivity contribution in [3.8, 4) is 5.75 Å². The SMILES string of the molecule is Cc1cc(Cl)ccc1NC(=O)COC(=O)C=Cc1ccc(OCc2c(Cl)cccc2Cl)cc1. The number of rotatable bonds is 8. The summed E-state index contributed by atoms with van der Waals surface area (Å²) >= 11 is 18.2. The van der Waals surface area contributed by atoms with Crippen LogP contribution in [0.2, 0.25) is 15.1 Å². The Labute approximate surface area is 206 Å². The van der Waals surface area contributed by atoms with Crippen LogP contribution >= 0.6 is 34.8 Å². The molecule has 170 valence electrons. The lowest BCUT2D eigenvalue weighted by Gasteiger charge is -2.09. The summed E-state index contributed by atoms with van der Waals surface area (Å²) in [5.41, 5.74) is 2.89. The molecular formula is C25H20Cl3NO4. The summed E-state index contributed by atoms with van der Waals surface area (Å²) in [5, 5.41) is 4.33. The number of esters is 1. The van der Waals surface area contributed by atoms with Crippen LogP contribution in [0, 0.1) is 6.92 Å². The van der Waals surface area contributed by atoms with Crippen LogP contribution in [0.15, 0.2) is 66.7 Å². The molecule has 0 spiro atoms. The first kappa shape index (κ1) is 24.6. The standard InChI is InChI=1S/C25H20Cl3NO4/c1-16-13-18(26)8-11-23(16)29-24(30)15-33-25(31)12-7-17-5-9-19(10-6-17)32-14-20-21(27)3-2-4-22(20)28/h2-13H,14-15H2,1H3,(H,29,30). The number of amides is 1. The molecule has 0 atom stereocenters. The van der Waals surface area contributed by atoms with Gasteiger partial charge >= 0.3 is 5.97 Å². The Hall–Kier alpha value is -2.99. The van der Waals surface area contributed by atoms with Crippen LogP contribution in [0.25, 0.3) is 6.08 Å². The Morgan fingerprint density at radius 2 is 1.67 bits per heavy atom. The van der Waals surface area contributed by atoms with E-state index < -0.39 is 18.5 Å². The molecule has 0 bridgehead atoms. The quantitative estimate of drug-likeness (QED) is 0.273. The number of carbonyl (C=O) groups excluding carboxylic acids is 2. The molecule has 0 unspecified atom stereocenters. The fourth-order valence-electron chi connectivity index (χ4n) is 2.80. The molecule has 1 amide bonds. The zero-order valence-corrected chi connectivity index (χ0v) is 19.9. The molecule has 0 aromatic heterocycles. The van der Waals surface area contributed by atoms with Gasteiger partial charge in [-0.2, -0.15) is 0 Å². The second kappa shape index (κ2) is 11.8. The molecule has 0 saturated carbocycles. The molecule has 0 saturated heterocycles. The number of hydrogen-bond donors (Lipinski definition) is 1. The highest BCUT2D eigenvalue weighted by atomic mass is 35.5. The van der Waals surface area contributed by atoms with E-state index >= 15 is 0 Å². The summed E-state index contributed by atoms with van der Waals surface area (Å²) in [5.74, 6) is -0.450. The van der Waals surface area contributed by atoms with Crippen molar-refractivity contribution in [3.05, 3.63) is 98.5 Å². The topological polar surface area (TPSA) is 64.6 Å². The average Bonchev–Trinajstić information content (AvgIpc) is 2.78. The Balaban J connectivity index is 1.46. The van der Waals surface area contributed by atoms with E-state index in [1.54, 1.807) is 66.7 Å². The predicted molar refractivity (Wildman–Crippen MR) is 132 cm³/mol. The van der Waals surface area contributed by atoms with Gasteiger partial charge < -0.3 is 14.8 Å². The van der Waals surface area contributed by atoms with E-state index in [9.17, 15) is 9.59 Å². The minimum Gasteiger partial charge on any atom is -0.489 e. The van der Waals surface area contributed by atoms with Gasteiger partial charge in [0.05, 0.1) is 0 Å². The normalized spacial score (nSPS) is 10.8. The molecule has 33 heavy (non-hydrogen) atoms. The highest BCUT2D eigenvalue weighted by Crippen LogP contribution is 2.26. The average molecular weight is 505 g/mol. The van der Waals surface area contributed by atoms with E-state index in [1.807, 2.05) is 6.92 Å². The summed E-state index contributed by atoms with van der Waals surface area (Å²) in [6.45, 7) is 1.65. The number of aryl methyl sites for hydroxylation is 1. The third-order valence-electron chi connectivity index (χ3n) is 4.54. The Morgan fingerprint density at radius 3 is 2.33 bits per heavy atom. The molecule has 3 rings (SSSR count). The first-order valence-corrected chi connectivity index (χ1v) is 11.0. The van der Waals surface area contributed by atoms with Crippen molar-refractivity contribution in [2.24, 2.45) is 0 Å². The minimum atomic E-state index is -0.633. The van der Waals surface area contributed by atoms with Crippen LogP contribution in [-0.4, -0.2) is 18.5 Å². The number of benzene rings is 3. The summed E-state index contributed by atoms with van der Waals surface area (Å²) in [6, 6.07) is 17.4. The van der Waals surface area contributed by atoms with E-state index in [4.69, 9.17) is 44.3 Å². The van der Waals surface area contributed by atoms with E-state index in [0.29, 0.717) is 32.1 Å². The molecule has 0 aliphatic rings. The van der Waals surface area contributed by atoms with Gasteiger partial charge in [-0.1, -0.05) is 53.0 Å². The fraction of sp³-hybridized carbons (Fsp3) is 0.120. The summed E-state index contributed by atoms with van der Waals surface area (Å²) in [4.78, 5) is 23.9. The van der Waals surface area contributed by atoms with Crippen molar-refractivity contribution in [2.45, 2.75) is 13.5 Å². The van der Waals surface area contributed by atoms with E-state index in [0.717, 1.165) is 11.1 Å². The summed E-state index contributed by atoms with van der Waals surface area (Å²) < 4.78 is 10.7. The smallest absolute Gasteiger partial charge is 0.331 e. The Kier molecular flexibility index (Phi) is 8.78. The van der Waals surface area contributed by atoms with Gasteiger partial charge in [0.1, 0.15) is 12.4 Å². The maximum absolute atomic E-state index is 12.0. The van der Waals surface area contributed by atoms with Gasteiger partial charge in [-0.25, -0.2) is 4.79 Å². The van der Waals surface area contributed by atoms with Gasteiger partial charge in [-0.05, 0) is 66.6 Å². The van der Waals surface area contributed by atoms with Gasteiger partial charge in [-0.3, -0.25) is 4.79 Å². The highest BCUT2D eigenvalue weighted by Gasteiger charge is 2.08. The van der Waals surface area contributed by atoms with Gasteiger partial charge in [0.25, 0.3) is 5.91 Å². The monoisotopic (exact) mass is 503 g/mol. The van der Waals surface area contributed by atoms with Crippen molar-refractivity contribution in [2.75, 3.05) is 11.9 Å². The molecule has 8 heteroatoms. The van der Waals surface area contributed by atoms with Crippen molar-refractivity contribution in [1.29, 1.82) is 0 Å². The second-order valence-electron chi connectivity index (χ2n) is 7.01. The largest absolute Gasteiger partial charge is 0.489 e. The molecule has 1 N–H and O–H groups in total. The van der Waals surface area contributed by atoms with Crippen LogP contribution in [0.1, 0.15) is 16.7 Å². The molecular weight excluding hydrogens is 485 g/mol. The maximum Gasteiger partial charge on any atom is 0.331 e. The van der Waals surface area contributed by atoms with Crippen molar-refractivity contribution >= 4 is 58.4 Å². The molecule has 0 heterocycles. The van der Waals surface area contributed by atoms with Crippen LogP contribution in [0.5, 0.6) is 5.75 Å². The van der Waals surface area contributed by atoms with Crippen molar-refractivity contribution in [1.82, 2.24) is 0 Å². The summed E-state index contributed by atoms with van der Waals surface area (Å²) in [6.07, 6.45) is 2.83. The second-order valence-corrected chi connectivity index (χ2v) is 8.26. The zero-order chi connectivity index (χ0) is 23.8. The number of carbonyl (C=O) groups is 2. The van der Waals surface area contributed by atoms with Crippen LogP contribution in [0.3, 0.4) is 0 Å². The first-order chi connectivity index (χ1) is 15.8. The molecule has 3 aromatic rings. The Bertz CT molecular complexity index is 1160. The Morgan fingerprint density at radius 1 is 0.970 bits per heavy atom. The van der Waals surface area contributed by atoms with E-state index in [1.165, 1.54) is 6.08 Å². The third-order valence-corrected chi connectivity index (χ3v) is 5.49. The highest BCUT2D eigenvalue weighted by molar-refractivity contribution is 6.36. The van der Waals surface area contributed by atoms with Crippen LogP contribution < -0.4 is 10.1 Å². The van der Waals surface area contributed by atoms with Crippen molar-refractivity contribution < 1.29 is 19.1 Å². The molecule has 0 aliphatic heterocycles. The number of halogens is 3. The molecule has 0 radical (unpaired) electrons. The third kappa shape index (κ3) is 7.53. The maximum atomic E-state index is 12.0. The first-order valence-electron chi connectivity index (χ1n) is 9.88. The van der Waals surface area contributed by atoms with Gasteiger partial charge in [0.15, 0.2) is 6.61 Å². The van der Waals surface area contributed by atoms with Gasteiger partial charge in [0, 0.05) is 32.4 Å². The number of ether oxygens (including phenoxy) is 2.